The van der Waals surface area contributed by atoms with Crippen molar-refractivity contribution in [2.75, 3.05) is 4.90 Å². The largest absolute Gasteiger partial charge is 0.316 e. The molecule has 1 unspecified atom stereocenters. The first kappa shape index (κ1) is 11.9. The average Bonchev–Trinajstić information content (AvgIpc) is 2.65. The molecule has 0 aliphatic carbocycles. The third-order valence-corrected chi connectivity index (χ3v) is 3.52. The lowest BCUT2D eigenvalue weighted by Crippen LogP contribution is -2.31. The molecule has 0 bridgehead atoms. The van der Waals surface area contributed by atoms with Gasteiger partial charge in [-0.1, -0.05) is 48.0 Å². The van der Waals surface area contributed by atoms with Gasteiger partial charge in [0.2, 0.25) is 5.91 Å². The second-order valence-electron chi connectivity index (χ2n) is 4.95. The number of nitrogens with zero attached hydrogens (tertiary/aromatic N) is 1. The Hall–Kier alpha value is -2.13. The first-order valence-corrected chi connectivity index (χ1v) is 6.38. The van der Waals surface area contributed by atoms with Gasteiger partial charge in [-0.15, -0.1) is 0 Å². The minimum atomic E-state index is -0.529. The van der Waals surface area contributed by atoms with Gasteiger partial charge in [0.05, 0.1) is 6.54 Å². The molecule has 19 heavy (non-hydrogen) atoms. The summed E-state index contributed by atoms with van der Waals surface area (Å²) in [6.07, 6.45) is 0. The maximum atomic E-state index is 12.3. The van der Waals surface area contributed by atoms with Crippen LogP contribution in [0.25, 0.3) is 0 Å². The third kappa shape index (κ3) is 2.02. The van der Waals surface area contributed by atoms with Gasteiger partial charge in [-0.2, -0.15) is 0 Å². The van der Waals surface area contributed by atoms with E-state index in [4.69, 9.17) is 5.73 Å². The van der Waals surface area contributed by atoms with E-state index >= 15 is 0 Å². The molecule has 1 heterocycles. The quantitative estimate of drug-likeness (QED) is 0.892. The van der Waals surface area contributed by atoms with Gasteiger partial charge in [0.15, 0.2) is 0 Å². The van der Waals surface area contributed by atoms with Crippen LogP contribution in [0.4, 0.5) is 5.69 Å². The van der Waals surface area contributed by atoms with E-state index in [9.17, 15) is 4.79 Å². The normalized spacial score (nSPS) is 17.7. The van der Waals surface area contributed by atoms with Crippen molar-refractivity contribution in [3.05, 3.63) is 65.2 Å². The van der Waals surface area contributed by atoms with Crippen molar-refractivity contribution >= 4 is 11.6 Å². The predicted octanol–water partition coefficient (Wildman–Crippen LogP) is 2.54. The molecule has 1 aliphatic heterocycles. The van der Waals surface area contributed by atoms with Gasteiger partial charge in [-0.25, -0.2) is 0 Å². The zero-order chi connectivity index (χ0) is 13.4. The predicted molar refractivity (Wildman–Crippen MR) is 75.7 cm³/mol. The molecule has 96 valence electrons. The highest BCUT2D eigenvalue weighted by atomic mass is 16.2. The van der Waals surface area contributed by atoms with E-state index in [0.29, 0.717) is 6.54 Å². The summed E-state index contributed by atoms with van der Waals surface area (Å²) in [7, 11) is 0. The van der Waals surface area contributed by atoms with Gasteiger partial charge in [0.1, 0.15) is 6.04 Å². The van der Waals surface area contributed by atoms with E-state index < -0.39 is 6.04 Å². The van der Waals surface area contributed by atoms with Gasteiger partial charge >= 0.3 is 0 Å². The second kappa shape index (κ2) is 4.52. The highest BCUT2D eigenvalue weighted by Crippen LogP contribution is 2.36. The number of carbonyl (C=O) groups is 1. The molecule has 3 rings (SSSR count). The van der Waals surface area contributed by atoms with Crippen LogP contribution >= 0.6 is 0 Å². The van der Waals surface area contributed by atoms with Crippen LogP contribution in [-0.4, -0.2) is 5.91 Å². The number of carbonyl (C=O) groups excluding carboxylic acids is 1. The molecule has 1 amide bonds. The number of aryl methyl sites for hydroxylation is 1. The van der Waals surface area contributed by atoms with Gasteiger partial charge in [0.25, 0.3) is 0 Å². The number of fused-ring (bicyclic) bond motifs is 1. The highest BCUT2D eigenvalue weighted by Gasteiger charge is 2.34. The van der Waals surface area contributed by atoms with Crippen molar-refractivity contribution in [1.29, 1.82) is 0 Å². The molecule has 0 radical (unpaired) electrons. The SMILES string of the molecule is Cc1ccc2c(c1)C(N)C(=O)N2Cc1ccccc1. The van der Waals surface area contributed by atoms with E-state index in [1.165, 1.54) is 0 Å². The van der Waals surface area contributed by atoms with Crippen LogP contribution in [0, 0.1) is 6.92 Å². The van der Waals surface area contributed by atoms with Crippen LogP contribution in [0.1, 0.15) is 22.7 Å². The van der Waals surface area contributed by atoms with E-state index in [0.717, 1.165) is 22.4 Å². The fourth-order valence-corrected chi connectivity index (χ4v) is 2.52. The van der Waals surface area contributed by atoms with Crippen molar-refractivity contribution in [3.63, 3.8) is 0 Å². The number of benzene rings is 2. The molecule has 2 aromatic carbocycles. The molecule has 2 N–H and O–H groups in total. The van der Waals surface area contributed by atoms with Gasteiger partial charge in [-0.05, 0) is 18.6 Å². The molecule has 0 aromatic heterocycles. The van der Waals surface area contributed by atoms with Gasteiger partial charge in [-0.3, -0.25) is 4.79 Å². The number of hydrogen-bond donors (Lipinski definition) is 1. The van der Waals surface area contributed by atoms with Crippen LogP contribution in [-0.2, 0) is 11.3 Å². The van der Waals surface area contributed by atoms with Crippen LogP contribution in [0.5, 0.6) is 0 Å². The van der Waals surface area contributed by atoms with Crippen molar-refractivity contribution < 1.29 is 4.79 Å². The number of rotatable bonds is 2. The smallest absolute Gasteiger partial charge is 0.248 e. The van der Waals surface area contributed by atoms with Crippen LogP contribution in [0.15, 0.2) is 48.5 Å². The molecule has 0 spiro atoms. The highest BCUT2D eigenvalue weighted by molar-refractivity contribution is 6.04. The summed E-state index contributed by atoms with van der Waals surface area (Å²) in [6.45, 7) is 2.58. The zero-order valence-electron chi connectivity index (χ0n) is 10.8. The van der Waals surface area contributed by atoms with Crippen molar-refractivity contribution in [1.82, 2.24) is 0 Å². The number of hydrogen-bond acceptors (Lipinski definition) is 2. The van der Waals surface area contributed by atoms with Crippen LogP contribution < -0.4 is 10.6 Å². The van der Waals surface area contributed by atoms with Crippen molar-refractivity contribution in [2.24, 2.45) is 5.73 Å². The Morgan fingerprint density at radius 1 is 1.16 bits per heavy atom. The Labute approximate surface area is 112 Å². The summed E-state index contributed by atoms with van der Waals surface area (Å²) in [4.78, 5) is 14.1. The number of nitrogens with two attached hydrogens (primary N) is 1. The maximum absolute atomic E-state index is 12.3. The molecule has 2 aromatic rings. The Bertz CT molecular complexity index is 622. The fraction of sp³-hybridized carbons (Fsp3) is 0.188. The molecule has 0 fully saturated rings. The van der Waals surface area contributed by atoms with Gasteiger partial charge < -0.3 is 10.6 Å². The lowest BCUT2D eigenvalue weighted by molar-refractivity contribution is -0.119. The molecule has 1 aliphatic rings. The first-order chi connectivity index (χ1) is 9.16. The van der Waals surface area contributed by atoms with Crippen LogP contribution in [0.2, 0.25) is 0 Å². The number of anilines is 1. The summed E-state index contributed by atoms with van der Waals surface area (Å²) in [5.41, 5.74) is 10.1. The molecule has 0 saturated heterocycles. The Morgan fingerprint density at radius 3 is 2.63 bits per heavy atom. The summed E-state index contributed by atoms with van der Waals surface area (Å²) in [6, 6.07) is 15.4. The van der Waals surface area contributed by atoms with Crippen LogP contribution in [0.3, 0.4) is 0 Å². The Kier molecular flexibility index (Phi) is 2.84. The van der Waals surface area contributed by atoms with Crippen molar-refractivity contribution in [3.8, 4) is 0 Å². The molecular weight excluding hydrogens is 236 g/mol. The lowest BCUT2D eigenvalue weighted by atomic mass is 10.1. The summed E-state index contributed by atoms with van der Waals surface area (Å²) >= 11 is 0. The second-order valence-corrected chi connectivity index (χ2v) is 4.95. The van der Waals surface area contributed by atoms with E-state index in [2.05, 4.69) is 0 Å². The lowest BCUT2D eigenvalue weighted by Gasteiger charge is -2.17. The maximum Gasteiger partial charge on any atom is 0.248 e. The first-order valence-electron chi connectivity index (χ1n) is 6.38. The molecular formula is C16H16N2O. The standard InChI is InChI=1S/C16H16N2O/c1-11-7-8-14-13(9-11)15(17)16(19)18(14)10-12-5-3-2-4-6-12/h2-9,15H,10,17H2,1H3. The van der Waals surface area contributed by atoms with Gasteiger partial charge in [0, 0.05) is 11.3 Å². The summed E-state index contributed by atoms with van der Waals surface area (Å²) in [5.74, 6) is -0.0237. The summed E-state index contributed by atoms with van der Waals surface area (Å²) < 4.78 is 0. The minimum Gasteiger partial charge on any atom is -0.316 e. The monoisotopic (exact) mass is 252 g/mol. The minimum absolute atomic E-state index is 0.0237. The fourth-order valence-electron chi connectivity index (χ4n) is 2.52. The Morgan fingerprint density at radius 2 is 1.89 bits per heavy atom. The average molecular weight is 252 g/mol. The van der Waals surface area contributed by atoms with E-state index in [1.54, 1.807) is 4.90 Å². The zero-order valence-corrected chi connectivity index (χ0v) is 10.8. The van der Waals surface area contributed by atoms with E-state index in [1.807, 2.05) is 55.5 Å². The number of amides is 1. The topological polar surface area (TPSA) is 46.3 Å². The van der Waals surface area contributed by atoms with Crippen molar-refractivity contribution in [2.45, 2.75) is 19.5 Å². The molecule has 0 saturated carbocycles. The molecule has 3 nitrogen and oxygen atoms in total. The molecule has 3 heteroatoms. The summed E-state index contributed by atoms with van der Waals surface area (Å²) in [5, 5.41) is 0. The van der Waals surface area contributed by atoms with E-state index in [-0.39, 0.29) is 5.91 Å². The molecule has 1 atom stereocenters. The Balaban J connectivity index is 1.98. The third-order valence-electron chi connectivity index (χ3n) is 3.52.